The molecule has 4 saturated carbocycles. The quantitative estimate of drug-likeness (QED) is 0.114. The van der Waals surface area contributed by atoms with Gasteiger partial charge in [-0.25, -0.2) is 0 Å². The van der Waals surface area contributed by atoms with Gasteiger partial charge in [-0.3, -0.25) is 4.79 Å². The molecule has 4 aliphatic carbocycles. The lowest BCUT2D eigenvalue weighted by Gasteiger charge is -2.44. The largest absolute Gasteiger partial charge is 0.393 e. The minimum atomic E-state index is -0.680. The van der Waals surface area contributed by atoms with Crippen LogP contribution in [0.2, 0.25) is 0 Å². The number of allylic oxidation sites excluding steroid dienone is 4. The van der Waals surface area contributed by atoms with Gasteiger partial charge in [0.25, 0.3) is 0 Å². The summed E-state index contributed by atoms with van der Waals surface area (Å²) >= 11 is 0. The van der Waals surface area contributed by atoms with Gasteiger partial charge < -0.3 is 20.4 Å². The SMILES string of the molecule is C=C1/C(=C\C=C2/CCCC3(C)[C@@H](C(C)/C=C/C(O)C4(C(=O)CCCCC)CC4)CC[C@@H]23)C[C@@H](O)C(C)C1O.CC.CC.CCC[C@@H](O)CC. The van der Waals surface area contributed by atoms with E-state index in [1.54, 1.807) is 0 Å². The second-order valence-electron chi connectivity index (χ2n) is 15.2. The van der Waals surface area contributed by atoms with Gasteiger partial charge in [0.15, 0.2) is 0 Å². The highest BCUT2D eigenvalue weighted by Crippen LogP contribution is 2.60. The van der Waals surface area contributed by atoms with Crippen molar-refractivity contribution < 1.29 is 25.2 Å². The third kappa shape index (κ3) is 12.0. The maximum atomic E-state index is 12.8. The maximum Gasteiger partial charge on any atom is 0.141 e. The van der Waals surface area contributed by atoms with Crippen molar-refractivity contribution >= 4 is 5.78 Å². The van der Waals surface area contributed by atoms with E-state index >= 15 is 0 Å². The molecular weight excluding hydrogens is 608 g/mol. The molecule has 49 heavy (non-hydrogen) atoms. The van der Waals surface area contributed by atoms with Gasteiger partial charge in [0.1, 0.15) is 5.78 Å². The van der Waals surface area contributed by atoms with Gasteiger partial charge >= 0.3 is 0 Å². The predicted molar refractivity (Wildman–Crippen MR) is 208 cm³/mol. The summed E-state index contributed by atoms with van der Waals surface area (Å²) in [5, 5.41) is 40.7. The molecule has 5 unspecified atom stereocenters. The zero-order valence-corrected chi connectivity index (χ0v) is 33.4. The van der Waals surface area contributed by atoms with Crippen LogP contribution in [0.5, 0.6) is 0 Å². The lowest BCUT2D eigenvalue weighted by Crippen LogP contribution is -2.36. The summed E-state index contributed by atoms with van der Waals surface area (Å²) in [6.07, 6.45) is 21.4. The molecule has 0 bridgehead atoms. The Morgan fingerprint density at radius 3 is 2.16 bits per heavy atom. The number of aliphatic hydroxyl groups is 4. The highest BCUT2D eigenvalue weighted by atomic mass is 16.3. The van der Waals surface area contributed by atoms with Crippen LogP contribution < -0.4 is 0 Å². The normalized spacial score (nSPS) is 32.1. The number of carbonyl (C=O) groups excluding carboxylic acids is 1. The van der Waals surface area contributed by atoms with Crippen molar-refractivity contribution in [2.75, 3.05) is 0 Å². The smallest absolute Gasteiger partial charge is 0.141 e. The van der Waals surface area contributed by atoms with Crippen LogP contribution in [0.3, 0.4) is 0 Å². The Hall–Kier alpha value is -1.53. The third-order valence-corrected chi connectivity index (χ3v) is 12.1. The fourth-order valence-electron chi connectivity index (χ4n) is 8.58. The molecule has 4 rings (SSSR count). The van der Waals surface area contributed by atoms with Crippen LogP contribution in [-0.4, -0.2) is 50.6 Å². The molecule has 9 atom stereocenters. The maximum absolute atomic E-state index is 12.8. The number of aliphatic hydroxyl groups excluding tert-OH is 4. The van der Waals surface area contributed by atoms with Gasteiger partial charge in [0.05, 0.1) is 29.8 Å². The monoisotopic (exact) mass is 687 g/mol. The molecule has 284 valence electrons. The molecule has 5 heteroatoms. The molecule has 4 N–H and O–H groups in total. The van der Waals surface area contributed by atoms with Crippen molar-refractivity contribution in [3.05, 3.63) is 47.6 Å². The Morgan fingerprint density at radius 2 is 1.61 bits per heavy atom. The Bertz CT molecular complexity index is 1070. The van der Waals surface area contributed by atoms with Crippen molar-refractivity contribution in [3.63, 3.8) is 0 Å². The van der Waals surface area contributed by atoms with E-state index in [4.69, 9.17) is 5.11 Å². The van der Waals surface area contributed by atoms with E-state index in [9.17, 15) is 20.1 Å². The summed E-state index contributed by atoms with van der Waals surface area (Å²) < 4.78 is 0. The van der Waals surface area contributed by atoms with Crippen molar-refractivity contribution in [1.82, 2.24) is 0 Å². The number of unbranched alkanes of at least 4 members (excludes halogenated alkanes) is 2. The van der Waals surface area contributed by atoms with E-state index in [2.05, 4.69) is 52.5 Å². The van der Waals surface area contributed by atoms with Gasteiger partial charge in [-0.2, -0.15) is 0 Å². The Balaban J connectivity index is 0.000000959. The first-order valence-electron chi connectivity index (χ1n) is 20.4. The van der Waals surface area contributed by atoms with E-state index < -0.39 is 23.7 Å². The van der Waals surface area contributed by atoms with Crippen LogP contribution in [0.1, 0.15) is 166 Å². The zero-order valence-electron chi connectivity index (χ0n) is 33.4. The molecule has 0 aromatic heterocycles. The van der Waals surface area contributed by atoms with Crippen LogP contribution in [-0.2, 0) is 4.79 Å². The molecular formula is C44H78O5. The summed E-state index contributed by atoms with van der Waals surface area (Å²) in [5.74, 6) is 1.53. The topological polar surface area (TPSA) is 98.0 Å². The average molecular weight is 687 g/mol. The van der Waals surface area contributed by atoms with Crippen molar-refractivity contribution in [1.29, 1.82) is 0 Å². The molecule has 0 aromatic carbocycles. The van der Waals surface area contributed by atoms with Crippen molar-refractivity contribution in [2.24, 2.45) is 34.5 Å². The van der Waals surface area contributed by atoms with Crippen molar-refractivity contribution in [2.45, 2.75) is 190 Å². The first-order valence-corrected chi connectivity index (χ1v) is 20.4. The molecule has 4 aliphatic rings. The minimum absolute atomic E-state index is 0.0509. The van der Waals surface area contributed by atoms with Crippen LogP contribution >= 0.6 is 0 Å². The predicted octanol–water partition coefficient (Wildman–Crippen LogP) is 10.5. The highest BCUT2D eigenvalue weighted by Gasteiger charge is 2.54. The van der Waals surface area contributed by atoms with Gasteiger partial charge in [-0.1, -0.05) is 125 Å². The molecule has 4 fully saturated rings. The van der Waals surface area contributed by atoms with Crippen LogP contribution in [0.15, 0.2) is 47.6 Å². The van der Waals surface area contributed by atoms with E-state index in [1.165, 1.54) is 31.3 Å². The molecule has 0 heterocycles. The van der Waals surface area contributed by atoms with E-state index in [1.807, 2.05) is 47.6 Å². The van der Waals surface area contributed by atoms with Crippen LogP contribution in [0, 0.1) is 34.5 Å². The van der Waals surface area contributed by atoms with E-state index in [0.717, 1.165) is 68.9 Å². The first kappa shape index (κ1) is 45.5. The summed E-state index contributed by atoms with van der Waals surface area (Å²) in [5.41, 5.74) is 2.93. The molecule has 5 nitrogen and oxygen atoms in total. The highest BCUT2D eigenvalue weighted by molar-refractivity contribution is 5.88. The molecule has 0 saturated heterocycles. The fourth-order valence-corrected chi connectivity index (χ4v) is 8.58. The lowest BCUT2D eigenvalue weighted by atomic mass is 9.61. The molecule has 0 spiro atoms. The number of hydrogen-bond acceptors (Lipinski definition) is 5. The average Bonchev–Trinajstić information content (AvgIpc) is 3.85. The summed E-state index contributed by atoms with van der Waals surface area (Å²) in [4.78, 5) is 12.8. The van der Waals surface area contributed by atoms with Crippen LogP contribution in [0.4, 0.5) is 0 Å². The van der Waals surface area contributed by atoms with E-state index in [-0.39, 0.29) is 23.2 Å². The van der Waals surface area contributed by atoms with E-state index in [0.29, 0.717) is 30.6 Å². The lowest BCUT2D eigenvalue weighted by molar-refractivity contribution is -0.127. The second-order valence-corrected chi connectivity index (χ2v) is 15.2. The van der Waals surface area contributed by atoms with Gasteiger partial charge in [-0.05, 0) is 105 Å². The summed E-state index contributed by atoms with van der Waals surface area (Å²) in [7, 11) is 0. The van der Waals surface area contributed by atoms with Crippen molar-refractivity contribution in [3.8, 4) is 0 Å². The summed E-state index contributed by atoms with van der Waals surface area (Å²) in [6.45, 7) is 25.0. The molecule has 0 amide bonds. The summed E-state index contributed by atoms with van der Waals surface area (Å²) in [6, 6.07) is 0. The van der Waals surface area contributed by atoms with Gasteiger partial charge in [-0.15, -0.1) is 0 Å². The number of hydrogen-bond donors (Lipinski definition) is 4. The molecule has 0 aromatic rings. The number of ketones is 1. The number of carbonyl (C=O) groups is 1. The first-order chi connectivity index (χ1) is 23.4. The Kier molecular flexibility index (Phi) is 20.8. The number of fused-ring (bicyclic) bond motifs is 1. The Morgan fingerprint density at radius 1 is 0.959 bits per heavy atom. The number of Topliss-reactive ketones (excluding diaryl/α,β-unsaturated/α-hetero) is 1. The number of rotatable bonds is 13. The van der Waals surface area contributed by atoms with Gasteiger partial charge in [0, 0.05) is 12.3 Å². The Labute approximate surface area is 302 Å². The fraction of sp³-hybridized carbons (Fsp3) is 0.795. The molecule has 0 radical (unpaired) electrons. The standard InChI is InChI=1S/C34H52O4.C6H14O.2C2H6/c1-6-7-8-11-30(36)34(19-20-34)31(37)17-12-22(2)27-15-16-28-25(10-9-18-33(27,28)5)13-14-26-21-29(35)24(4)32(38)23(26)3;1-3-5-6(7)4-2;2*1-2/h12-14,17,22,24,27-29,31-32,35,37-38H,3,6-11,15-16,18-21H2,1-2,4-5H3;6-7H,3-5H2,1-2H3;2*1-2H3/b17-12+,25-13+,26-14-;;;/t22?,24?,27-,28+,29-,31?,32?,33?;6-;;/m10../s1. The van der Waals surface area contributed by atoms with Crippen LogP contribution in [0.25, 0.3) is 0 Å². The molecule has 0 aliphatic heterocycles. The zero-order chi connectivity index (χ0) is 37.4. The minimum Gasteiger partial charge on any atom is -0.393 e. The van der Waals surface area contributed by atoms with Gasteiger partial charge in [0.2, 0.25) is 0 Å². The second kappa shape index (κ2) is 22.4. The third-order valence-electron chi connectivity index (χ3n) is 12.1.